The molecule has 1 saturated heterocycles. The van der Waals surface area contributed by atoms with Crippen molar-refractivity contribution >= 4 is 0 Å². The van der Waals surface area contributed by atoms with Crippen molar-refractivity contribution in [3.05, 3.63) is 0 Å². The third kappa shape index (κ3) is 4.96. The molecule has 3 heteroatoms. The highest BCUT2D eigenvalue weighted by Crippen LogP contribution is 2.12. The molecule has 0 aliphatic carbocycles. The minimum Gasteiger partial charge on any atom is -0.379 e. The molecule has 2 unspecified atom stereocenters. The summed E-state index contributed by atoms with van der Waals surface area (Å²) in [5.41, 5.74) is 0. The van der Waals surface area contributed by atoms with Gasteiger partial charge in [0.2, 0.25) is 0 Å². The minimum atomic E-state index is 0.560. The molecule has 1 rings (SSSR count). The Bertz CT molecular complexity index is 162. The van der Waals surface area contributed by atoms with Gasteiger partial charge in [-0.3, -0.25) is 0 Å². The van der Waals surface area contributed by atoms with Crippen molar-refractivity contribution in [1.82, 2.24) is 10.6 Å². The van der Waals surface area contributed by atoms with Gasteiger partial charge in [0, 0.05) is 18.5 Å². The zero-order valence-corrected chi connectivity index (χ0v) is 10.4. The predicted molar refractivity (Wildman–Crippen MR) is 64.1 cm³/mol. The number of nitrogens with one attached hydrogen (secondary N) is 2. The molecule has 0 spiro atoms. The van der Waals surface area contributed by atoms with E-state index in [1.54, 1.807) is 0 Å². The third-order valence-corrected chi connectivity index (χ3v) is 2.81. The van der Waals surface area contributed by atoms with Crippen LogP contribution in [0.2, 0.25) is 0 Å². The Morgan fingerprint density at radius 1 is 1.33 bits per heavy atom. The highest BCUT2D eigenvalue weighted by atomic mass is 16.5. The van der Waals surface area contributed by atoms with Crippen LogP contribution in [0.5, 0.6) is 0 Å². The van der Waals surface area contributed by atoms with Gasteiger partial charge in [-0.1, -0.05) is 20.8 Å². The second-order valence-electron chi connectivity index (χ2n) is 4.91. The van der Waals surface area contributed by atoms with Crippen LogP contribution in [0.3, 0.4) is 0 Å². The van der Waals surface area contributed by atoms with Gasteiger partial charge in [-0.2, -0.15) is 0 Å². The van der Waals surface area contributed by atoms with E-state index in [0.29, 0.717) is 12.0 Å². The fourth-order valence-corrected chi connectivity index (χ4v) is 1.91. The fraction of sp³-hybridized carbons (Fsp3) is 1.00. The molecule has 0 radical (unpaired) electrons. The number of ether oxygens (including phenoxy) is 1. The Morgan fingerprint density at radius 3 is 2.80 bits per heavy atom. The van der Waals surface area contributed by atoms with Crippen LogP contribution < -0.4 is 10.6 Å². The topological polar surface area (TPSA) is 33.3 Å². The van der Waals surface area contributed by atoms with E-state index in [1.807, 2.05) is 0 Å². The van der Waals surface area contributed by atoms with Crippen molar-refractivity contribution in [3.8, 4) is 0 Å². The molecule has 0 amide bonds. The molecule has 0 bridgehead atoms. The van der Waals surface area contributed by atoms with Crippen LogP contribution in [0.1, 0.15) is 27.2 Å². The van der Waals surface area contributed by atoms with E-state index in [-0.39, 0.29) is 0 Å². The lowest BCUT2D eigenvalue weighted by Gasteiger charge is -2.19. The lowest BCUT2D eigenvalue weighted by molar-refractivity contribution is 0.182. The Kier molecular flexibility index (Phi) is 6.22. The fourth-order valence-electron chi connectivity index (χ4n) is 1.91. The largest absolute Gasteiger partial charge is 0.379 e. The maximum atomic E-state index is 5.52. The molecule has 1 fully saturated rings. The second kappa shape index (κ2) is 7.20. The second-order valence-corrected chi connectivity index (χ2v) is 4.91. The summed E-state index contributed by atoms with van der Waals surface area (Å²) >= 11 is 0. The average molecular weight is 214 g/mol. The van der Waals surface area contributed by atoms with Gasteiger partial charge in [0.15, 0.2) is 0 Å². The lowest BCUT2D eigenvalue weighted by atomic mass is 10.0. The van der Waals surface area contributed by atoms with E-state index >= 15 is 0 Å². The summed E-state index contributed by atoms with van der Waals surface area (Å²) in [4.78, 5) is 0. The Labute approximate surface area is 94.0 Å². The molecule has 1 heterocycles. The molecule has 90 valence electrons. The zero-order valence-electron chi connectivity index (χ0n) is 10.4. The van der Waals surface area contributed by atoms with Crippen molar-refractivity contribution in [3.63, 3.8) is 0 Å². The molecule has 0 aromatic carbocycles. The predicted octanol–water partition coefficient (Wildman–Crippen LogP) is 1.25. The molecule has 0 saturated carbocycles. The molecule has 1 aliphatic rings. The van der Waals surface area contributed by atoms with Crippen LogP contribution in [0, 0.1) is 11.8 Å². The first kappa shape index (κ1) is 12.9. The van der Waals surface area contributed by atoms with Crippen LogP contribution in [-0.4, -0.2) is 38.9 Å². The lowest BCUT2D eigenvalue weighted by Crippen LogP contribution is -2.41. The van der Waals surface area contributed by atoms with Crippen molar-refractivity contribution in [2.45, 2.75) is 33.2 Å². The Morgan fingerprint density at radius 2 is 2.13 bits per heavy atom. The van der Waals surface area contributed by atoms with Gasteiger partial charge >= 0.3 is 0 Å². The molecule has 1 aliphatic heterocycles. The summed E-state index contributed by atoms with van der Waals surface area (Å²) in [6, 6.07) is 0.560. The molecule has 15 heavy (non-hydrogen) atoms. The van der Waals surface area contributed by atoms with Crippen LogP contribution in [0.15, 0.2) is 0 Å². The van der Waals surface area contributed by atoms with E-state index in [4.69, 9.17) is 4.74 Å². The van der Waals surface area contributed by atoms with Crippen LogP contribution >= 0.6 is 0 Å². The van der Waals surface area contributed by atoms with Gasteiger partial charge in [0.1, 0.15) is 0 Å². The first-order valence-corrected chi connectivity index (χ1v) is 6.25. The molecule has 2 N–H and O–H groups in total. The maximum absolute atomic E-state index is 5.52. The molecule has 2 atom stereocenters. The molecular weight excluding hydrogens is 188 g/mol. The van der Waals surface area contributed by atoms with E-state index < -0.39 is 0 Å². The molecule has 0 aromatic rings. The number of hydrogen-bond acceptors (Lipinski definition) is 3. The van der Waals surface area contributed by atoms with Crippen molar-refractivity contribution in [2.75, 3.05) is 32.8 Å². The highest BCUT2D eigenvalue weighted by Gasteiger charge is 2.26. The standard InChI is InChI=1S/C12H26N2O/c1-4-5-14-12-9-15-8-11(12)7-13-6-10(2)3/h10-14H,4-9H2,1-3H3. The number of hydrogen-bond donors (Lipinski definition) is 2. The van der Waals surface area contributed by atoms with Crippen LogP contribution in [-0.2, 0) is 4.74 Å². The molecular formula is C12H26N2O. The molecule has 3 nitrogen and oxygen atoms in total. The summed E-state index contributed by atoms with van der Waals surface area (Å²) < 4.78 is 5.52. The quantitative estimate of drug-likeness (QED) is 0.669. The van der Waals surface area contributed by atoms with E-state index in [9.17, 15) is 0 Å². The first-order chi connectivity index (χ1) is 7.24. The highest BCUT2D eigenvalue weighted by molar-refractivity contribution is 4.82. The van der Waals surface area contributed by atoms with Gasteiger partial charge in [-0.25, -0.2) is 0 Å². The summed E-state index contributed by atoms with van der Waals surface area (Å²) in [7, 11) is 0. The number of rotatable bonds is 7. The van der Waals surface area contributed by atoms with E-state index in [0.717, 1.165) is 38.8 Å². The van der Waals surface area contributed by atoms with E-state index in [2.05, 4.69) is 31.4 Å². The normalized spacial score (nSPS) is 26.4. The Hall–Kier alpha value is -0.120. The Balaban J connectivity index is 2.15. The minimum absolute atomic E-state index is 0.560. The monoisotopic (exact) mass is 214 g/mol. The SMILES string of the molecule is CCCNC1COCC1CNCC(C)C. The zero-order chi connectivity index (χ0) is 11.1. The van der Waals surface area contributed by atoms with Gasteiger partial charge in [-0.15, -0.1) is 0 Å². The van der Waals surface area contributed by atoms with Crippen LogP contribution in [0.25, 0.3) is 0 Å². The summed E-state index contributed by atoms with van der Waals surface area (Å²) in [6.45, 7) is 11.8. The average Bonchev–Trinajstić information content (AvgIpc) is 2.62. The van der Waals surface area contributed by atoms with Crippen molar-refractivity contribution < 1.29 is 4.74 Å². The first-order valence-electron chi connectivity index (χ1n) is 6.25. The summed E-state index contributed by atoms with van der Waals surface area (Å²) in [6.07, 6.45) is 1.20. The van der Waals surface area contributed by atoms with Gasteiger partial charge < -0.3 is 15.4 Å². The maximum Gasteiger partial charge on any atom is 0.0623 e. The van der Waals surface area contributed by atoms with Crippen molar-refractivity contribution in [2.24, 2.45) is 11.8 Å². The third-order valence-electron chi connectivity index (χ3n) is 2.81. The molecule has 0 aromatic heterocycles. The van der Waals surface area contributed by atoms with Crippen LogP contribution in [0.4, 0.5) is 0 Å². The van der Waals surface area contributed by atoms with Gasteiger partial charge in [0.05, 0.1) is 13.2 Å². The smallest absolute Gasteiger partial charge is 0.0623 e. The summed E-state index contributed by atoms with van der Waals surface area (Å²) in [5, 5.41) is 7.07. The van der Waals surface area contributed by atoms with Gasteiger partial charge in [0.25, 0.3) is 0 Å². The van der Waals surface area contributed by atoms with E-state index in [1.165, 1.54) is 6.42 Å². The summed E-state index contributed by atoms with van der Waals surface area (Å²) in [5.74, 6) is 1.38. The van der Waals surface area contributed by atoms with Crippen molar-refractivity contribution in [1.29, 1.82) is 0 Å². The van der Waals surface area contributed by atoms with Gasteiger partial charge in [-0.05, 0) is 25.4 Å².